The molecule has 3 heterocycles. The molecule has 1 saturated heterocycles. The van der Waals surface area contributed by atoms with Gasteiger partial charge >= 0.3 is 0 Å². The summed E-state index contributed by atoms with van der Waals surface area (Å²) in [6.45, 7) is 4.20. The van der Waals surface area contributed by atoms with Crippen molar-refractivity contribution in [3.8, 4) is 6.07 Å². The first-order chi connectivity index (χ1) is 15.1. The highest BCUT2D eigenvalue weighted by atomic mass is 16.3. The lowest BCUT2D eigenvalue weighted by Crippen LogP contribution is -2.43. The van der Waals surface area contributed by atoms with Gasteiger partial charge in [0.25, 0.3) is 0 Å². The van der Waals surface area contributed by atoms with Crippen molar-refractivity contribution in [3.05, 3.63) is 47.2 Å². The minimum Gasteiger partial charge on any atom is -0.391 e. The van der Waals surface area contributed by atoms with Gasteiger partial charge in [-0.15, -0.1) is 0 Å². The van der Waals surface area contributed by atoms with Crippen LogP contribution >= 0.6 is 0 Å². The van der Waals surface area contributed by atoms with Crippen LogP contribution in [0.25, 0.3) is 5.65 Å². The van der Waals surface area contributed by atoms with Gasteiger partial charge in [-0.1, -0.05) is 0 Å². The Kier molecular flexibility index (Phi) is 5.22. The van der Waals surface area contributed by atoms with Crippen molar-refractivity contribution in [2.24, 2.45) is 5.92 Å². The van der Waals surface area contributed by atoms with E-state index in [1.54, 1.807) is 0 Å². The number of nitriles is 1. The van der Waals surface area contributed by atoms with Gasteiger partial charge in [0.05, 0.1) is 23.9 Å². The van der Waals surface area contributed by atoms with E-state index in [0.717, 1.165) is 41.5 Å². The van der Waals surface area contributed by atoms with Gasteiger partial charge in [0.1, 0.15) is 11.6 Å². The second kappa shape index (κ2) is 8.17. The topological polar surface area (TPSA) is 110 Å². The Hall–Kier alpha value is -3.15. The van der Waals surface area contributed by atoms with E-state index in [1.165, 1.54) is 18.4 Å². The lowest BCUT2D eigenvalue weighted by molar-refractivity contribution is 0.0883. The first kappa shape index (κ1) is 19.8. The summed E-state index contributed by atoms with van der Waals surface area (Å²) < 4.78 is 1.84. The van der Waals surface area contributed by atoms with Crippen LogP contribution in [0.3, 0.4) is 0 Å². The average Bonchev–Trinajstić information content (AvgIpc) is 3.51. The van der Waals surface area contributed by atoms with Gasteiger partial charge in [-0.3, -0.25) is 0 Å². The molecule has 5 rings (SSSR count). The predicted octanol–water partition coefficient (Wildman–Crippen LogP) is 2.91. The van der Waals surface area contributed by atoms with Gasteiger partial charge in [-0.25, -0.2) is 4.98 Å². The monoisotopic (exact) mass is 417 g/mol. The van der Waals surface area contributed by atoms with Crippen LogP contribution in [0.2, 0.25) is 0 Å². The Bertz CT molecular complexity index is 1140. The Labute approximate surface area is 181 Å². The van der Waals surface area contributed by atoms with Crippen molar-refractivity contribution in [1.29, 1.82) is 5.26 Å². The van der Waals surface area contributed by atoms with Crippen LogP contribution in [-0.4, -0.2) is 45.4 Å². The molecule has 0 amide bonds. The standard InChI is InChI=1S/C23H27N7O/c1-14-6-15(10-24)8-18(7-14)28-22-9-21(26-11-17-4-5-25-13-20(17)31)29-23-19(16-2-3-16)12-27-30(22)23/h6-9,12,16-17,20,25,28,31H,2-5,11,13H2,1H3,(H,26,29)/t17-,20+/m1/s1. The summed E-state index contributed by atoms with van der Waals surface area (Å²) in [6.07, 6.45) is 4.85. The Morgan fingerprint density at radius 2 is 2.13 bits per heavy atom. The van der Waals surface area contributed by atoms with E-state index < -0.39 is 0 Å². The maximum absolute atomic E-state index is 10.3. The number of β-amino-alcohol motifs (C(OH)–C–C–N with tert-alkyl or cyclic N) is 1. The maximum atomic E-state index is 10.3. The van der Waals surface area contributed by atoms with Crippen molar-refractivity contribution in [2.45, 2.75) is 38.2 Å². The van der Waals surface area contributed by atoms with Crippen LogP contribution in [0.15, 0.2) is 30.5 Å². The zero-order chi connectivity index (χ0) is 21.4. The van der Waals surface area contributed by atoms with Gasteiger partial charge in [0.2, 0.25) is 0 Å². The SMILES string of the molecule is Cc1cc(C#N)cc(Nc2cc(NC[C@H]3CCNC[C@@H]3O)nc3c(C4CC4)cnn23)c1. The normalized spacial score (nSPS) is 21.1. The first-order valence-electron chi connectivity index (χ1n) is 10.9. The molecule has 3 aromatic rings. The van der Waals surface area contributed by atoms with E-state index >= 15 is 0 Å². The molecule has 1 aliphatic heterocycles. The molecule has 160 valence electrons. The van der Waals surface area contributed by atoms with Crippen LogP contribution in [-0.2, 0) is 0 Å². The van der Waals surface area contributed by atoms with Crippen LogP contribution in [0.4, 0.5) is 17.3 Å². The number of nitrogens with zero attached hydrogens (tertiary/aromatic N) is 4. The Balaban J connectivity index is 1.47. The van der Waals surface area contributed by atoms with Gasteiger partial charge in [0, 0.05) is 36.3 Å². The molecule has 8 nitrogen and oxygen atoms in total. The Morgan fingerprint density at radius 1 is 1.26 bits per heavy atom. The van der Waals surface area contributed by atoms with Crippen molar-refractivity contribution in [3.63, 3.8) is 0 Å². The summed E-state index contributed by atoms with van der Waals surface area (Å²) in [5, 5.41) is 34.3. The number of rotatable bonds is 6. The summed E-state index contributed by atoms with van der Waals surface area (Å²) in [5.74, 6) is 2.28. The third-order valence-electron chi connectivity index (χ3n) is 6.13. The summed E-state index contributed by atoms with van der Waals surface area (Å²) in [6, 6.07) is 9.87. The van der Waals surface area contributed by atoms with Crippen molar-refractivity contribution >= 4 is 23.0 Å². The summed E-state index contributed by atoms with van der Waals surface area (Å²) in [7, 11) is 0. The summed E-state index contributed by atoms with van der Waals surface area (Å²) in [5.41, 5.74) is 4.51. The molecule has 4 N–H and O–H groups in total. The molecule has 0 radical (unpaired) electrons. The third-order valence-corrected chi connectivity index (χ3v) is 6.13. The lowest BCUT2D eigenvalue weighted by atomic mass is 9.95. The van der Waals surface area contributed by atoms with Gasteiger partial charge < -0.3 is 21.1 Å². The highest BCUT2D eigenvalue weighted by Gasteiger charge is 2.28. The molecule has 2 aromatic heterocycles. The van der Waals surface area contributed by atoms with E-state index in [1.807, 2.05) is 41.9 Å². The van der Waals surface area contributed by atoms with Gasteiger partial charge in [-0.2, -0.15) is 14.9 Å². The van der Waals surface area contributed by atoms with Crippen LogP contribution in [0.5, 0.6) is 0 Å². The third kappa shape index (κ3) is 4.20. The fourth-order valence-electron chi connectivity index (χ4n) is 4.28. The quantitative estimate of drug-likeness (QED) is 0.488. The molecular weight excluding hydrogens is 390 g/mol. The molecule has 2 fully saturated rings. The number of anilines is 3. The van der Waals surface area contributed by atoms with E-state index in [4.69, 9.17) is 4.98 Å². The second-order valence-corrected chi connectivity index (χ2v) is 8.66. The molecule has 1 aliphatic carbocycles. The van der Waals surface area contributed by atoms with E-state index in [9.17, 15) is 10.4 Å². The van der Waals surface area contributed by atoms with E-state index in [2.05, 4.69) is 27.1 Å². The zero-order valence-corrected chi connectivity index (χ0v) is 17.6. The zero-order valence-electron chi connectivity index (χ0n) is 17.6. The lowest BCUT2D eigenvalue weighted by Gasteiger charge is -2.28. The molecule has 0 unspecified atom stereocenters. The Morgan fingerprint density at radius 3 is 2.90 bits per heavy atom. The van der Waals surface area contributed by atoms with Crippen molar-refractivity contribution in [1.82, 2.24) is 19.9 Å². The van der Waals surface area contributed by atoms with Gasteiger partial charge in [-0.05, 0) is 62.4 Å². The largest absolute Gasteiger partial charge is 0.391 e. The molecule has 8 heteroatoms. The highest BCUT2D eigenvalue weighted by Crippen LogP contribution is 2.42. The number of aryl methyl sites for hydroxylation is 1. The number of aliphatic hydroxyl groups excluding tert-OH is 1. The van der Waals surface area contributed by atoms with E-state index in [0.29, 0.717) is 24.6 Å². The fourth-order valence-corrected chi connectivity index (χ4v) is 4.28. The molecule has 0 spiro atoms. The second-order valence-electron chi connectivity index (χ2n) is 8.66. The van der Waals surface area contributed by atoms with Crippen molar-refractivity contribution < 1.29 is 5.11 Å². The maximum Gasteiger partial charge on any atom is 0.163 e. The number of benzene rings is 1. The smallest absolute Gasteiger partial charge is 0.163 e. The van der Waals surface area contributed by atoms with E-state index in [-0.39, 0.29) is 12.0 Å². The summed E-state index contributed by atoms with van der Waals surface area (Å²) in [4.78, 5) is 4.86. The van der Waals surface area contributed by atoms with Crippen LogP contribution in [0.1, 0.15) is 41.9 Å². The average molecular weight is 418 g/mol. The molecule has 2 atom stereocenters. The van der Waals surface area contributed by atoms with Gasteiger partial charge in [0.15, 0.2) is 5.65 Å². The number of hydrogen-bond donors (Lipinski definition) is 4. The number of fused-ring (bicyclic) bond motifs is 1. The first-order valence-corrected chi connectivity index (χ1v) is 10.9. The molecule has 0 bridgehead atoms. The van der Waals surface area contributed by atoms with Crippen LogP contribution < -0.4 is 16.0 Å². The molecular formula is C23H27N7O. The minimum absolute atomic E-state index is 0.193. The van der Waals surface area contributed by atoms with Crippen LogP contribution in [0, 0.1) is 24.2 Å². The van der Waals surface area contributed by atoms with Crippen molar-refractivity contribution in [2.75, 3.05) is 30.3 Å². The number of piperidine rings is 1. The number of aliphatic hydroxyl groups is 1. The highest BCUT2D eigenvalue weighted by molar-refractivity contribution is 5.67. The molecule has 31 heavy (non-hydrogen) atoms. The fraction of sp³-hybridized carbons (Fsp3) is 0.435. The molecule has 1 aromatic carbocycles. The number of hydrogen-bond acceptors (Lipinski definition) is 7. The predicted molar refractivity (Wildman–Crippen MR) is 120 cm³/mol. The summed E-state index contributed by atoms with van der Waals surface area (Å²) >= 11 is 0. The molecule has 2 aliphatic rings. The minimum atomic E-state index is -0.351. The number of nitrogens with one attached hydrogen (secondary N) is 3. The molecule has 1 saturated carbocycles. The number of aromatic nitrogens is 3.